The van der Waals surface area contributed by atoms with Crippen molar-refractivity contribution in [2.24, 2.45) is 0 Å². The lowest BCUT2D eigenvalue weighted by Gasteiger charge is -2.13. The van der Waals surface area contributed by atoms with Crippen LogP contribution in [0.5, 0.6) is 0 Å². The van der Waals surface area contributed by atoms with Gasteiger partial charge in [-0.1, -0.05) is 115 Å². The van der Waals surface area contributed by atoms with Crippen molar-refractivity contribution in [3.05, 3.63) is 187 Å². The first-order chi connectivity index (χ1) is 30.0. The van der Waals surface area contributed by atoms with Crippen molar-refractivity contribution in [3.8, 4) is 68.3 Å². The molecule has 7 nitrogen and oxygen atoms in total. The number of hydrogen-bond donors (Lipinski definition) is 0. The van der Waals surface area contributed by atoms with Gasteiger partial charge in [-0.05, 0) is 60.7 Å². The molecule has 0 radical (unpaired) electrons. The molecule has 0 spiro atoms. The molecule has 0 aliphatic carbocycles. The van der Waals surface area contributed by atoms with Gasteiger partial charge in [-0.2, -0.15) is 26.3 Å². The zero-order valence-corrected chi connectivity index (χ0v) is 32.1. The molecule has 13 heteroatoms. The van der Waals surface area contributed by atoms with Crippen LogP contribution in [0.15, 0.2) is 176 Å². The number of aromatic nitrogens is 7. The summed E-state index contributed by atoms with van der Waals surface area (Å²) >= 11 is 0. The van der Waals surface area contributed by atoms with Crippen molar-refractivity contribution >= 4 is 22.1 Å². The van der Waals surface area contributed by atoms with Crippen molar-refractivity contribution in [2.75, 3.05) is 0 Å². The smallest absolute Gasteiger partial charge is 0.292 e. The molecule has 0 saturated carbocycles. The first-order valence-electron chi connectivity index (χ1n) is 19.3. The van der Waals surface area contributed by atoms with Crippen LogP contribution in [0.1, 0.15) is 11.1 Å². The summed E-state index contributed by atoms with van der Waals surface area (Å²) in [4.78, 5) is 24.2. The Morgan fingerprint density at radius 2 is 0.677 bits per heavy atom. The van der Waals surface area contributed by atoms with Crippen molar-refractivity contribution in [2.45, 2.75) is 12.4 Å². The average Bonchev–Trinajstić information content (AvgIpc) is 3.89. The van der Waals surface area contributed by atoms with Crippen molar-refractivity contribution in [1.29, 1.82) is 0 Å². The second kappa shape index (κ2) is 15.0. The quantitative estimate of drug-likeness (QED) is 0.150. The molecule has 0 saturated heterocycles. The number of fused-ring (bicyclic) bond motifs is 2. The van der Waals surface area contributed by atoms with Crippen LogP contribution in [-0.2, 0) is 12.4 Å². The first-order valence-corrected chi connectivity index (χ1v) is 19.3. The molecule has 0 aliphatic heterocycles. The molecule has 7 aromatic carbocycles. The number of alkyl halides is 6. The molecule has 10 aromatic rings. The number of imidazole rings is 2. The standard InChI is InChI=1S/C49H29F6N7/c50-48(51,52)35-12-8-14-37(28-35)61-41-18-6-4-16-39(41)56-46(61)33-24-20-31(21-25-33)44-58-43(30-10-2-1-3-11-30)59-45(60-44)32-22-26-34(27-23-32)47-57-40-17-5-7-19-42(40)62(47)38-15-9-13-36(29-38)49(53,54)55/h1-29H. The van der Waals surface area contributed by atoms with Gasteiger partial charge in [-0.3, -0.25) is 9.13 Å². The fraction of sp³-hybridized carbons (Fsp3) is 0.0408. The molecule has 3 aromatic heterocycles. The topological polar surface area (TPSA) is 74.3 Å². The molecular weight excluding hydrogens is 801 g/mol. The summed E-state index contributed by atoms with van der Waals surface area (Å²) in [7, 11) is 0. The normalized spacial score (nSPS) is 12.0. The first kappa shape index (κ1) is 38.3. The van der Waals surface area contributed by atoms with Gasteiger partial charge in [0.1, 0.15) is 11.6 Å². The second-order valence-corrected chi connectivity index (χ2v) is 14.4. The van der Waals surface area contributed by atoms with Crippen LogP contribution in [0.3, 0.4) is 0 Å². The Morgan fingerprint density at radius 3 is 1.08 bits per heavy atom. The lowest BCUT2D eigenvalue weighted by molar-refractivity contribution is -0.138. The molecular formula is C49H29F6N7. The van der Waals surface area contributed by atoms with E-state index in [1.165, 1.54) is 12.1 Å². The number of para-hydroxylation sites is 4. The predicted molar refractivity (Wildman–Crippen MR) is 226 cm³/mol. The highest BCUT2D eigenvalue weighted by atomic mass is 19.4. The summed E-state index contributed by atoms with van der Waals surface area (Å²) in [5, 5.41) is 0. The highest BCUT2D eigenvalue weighted by molar-refractivity contribution is 5.85. The Kier molecular flexibility index (Phi) is 9.24. The molecule has 302 valence electrons. The lowest BCUT2D eigenvalue weighted by Crippen LogP contribution is -2.06. The third kappa shape index (κ3) is 7.12. The minimum absolute atomic E-state index is 0.320. The van der Waals surface area contributed by atoms with E-state index in [4.69, 9.17) is 24.9 Å². The number of hydrogen-bond acceptors (Lipinski definition) is 5. The van der Waals surface area contributed by atoms with Crippen molar-refractivity contribution in [3.63, 3.8) is 0 Å². The second-order valence-electron chi connectivity index (χ2n) is 14.4. The van der Waals surface area contributed by atoms with Gasteiger partial charge in [0.15, 0.2) is 17.5 Å². The Hall–Kier alpha value is -7.93. The van der Waals surface area contributed by atoms with E-state index in [1.807, 2.05) is 127 Å². The van der Waals surface area contributed by atoms with E-state index in [0.29, 0.717) is 84.8 Å². The van der Waals surface area contributed by atoms with Crippen LogP contribution in [0.2, 0.25) is 0 Å². The molecule has 0 N–H and O–H groups in total. The summed E-state index contributed by atoms with van der Waals surface area (Å²) in [6.45, 7) is 0. The highest BCUT2D eigenvalue weighted by Crippen LogP contribution is 2.37. The minimum atomic E-state index is -4.52. The van der Waals surface area contributed by atoms with E-state index < -0.39 is 23.5 Å². The highest BCUT2D eigenvalue weighted by Gasteiger charge is 2.32. The van der Waals surface area contributed by atoms with E-state index in [0.717, 1.165) is 29.8 Å². The molecule has 0 unspecified atom stereocenters. The molecule has 0 bridgehead atoms. The number of nitrogens with zero attached hydrogens (tertiary/aromatic N) is 7. The molecule has 0 aliphatic rings. The largest absolute Gasteiger partial charge is 0.416 e. The van der Waals surface area contributed by atoms with Gasteiger partial charge in [0.25, 0.3) is 0 Å². The zero-order valence-electron chi connectivity index (χ0n) is 32.1. The maximum Gasteiger partial charge on any atom is 0.416 e. The van der Waals surface area contributed by atoms with E-state index in [-0.39, 0.29) is 0 Å². The van der Waals surface area contributed by atoms with Gasteiger partial charge >= 0.3 is 12.4 Å². The SMILES string of the molecule is FC(F)(F)c1cccc(-n2c(-c3ccc(-c4nc(-c5ccccc5)nc(-c5ccc(-c6nc7ccccc7n6-c6cccc(C(F)(F)F)c6)cc5)n4)cc3)nc3ccccc32)c1. The van der Waals surface area contributed by atoms with Gasteiger partial charge in [0, 0.05) is 39.2 Å². The maximum absolute atomic E-state index is 13.8. The predicted octanol–water partition coefficient (Wildman–Crippen LogP) is 12.9. The number of rotatable bonds is 7. The van der Waals surface area contributed by atoms with Crippen LogP contribution in [0, 0.1) is 0 Å². The van der Waals surface area contributed by atoms with Gasteiger partial charge < -0.3 is 0 Å². The Morgan fingerprint density at radius 1 is 0.323 bits per heavy atom. The summed E-state index contributed by atoms with van der Waals surface area (Å²) in [6.07, 6.45) is -9.04. The van der Waals surface area contributed by atoms with Gasteiger partial charge in [-0.15, -0.1) is 0 Å². The van der Waals surface area contributed by atoms with E-state index >= 15 is 0 Å². The fourth-order valence-electron chi connectivity index (χ4n) is 7.49. The summed E-state index contributed by atoms with van der Waals surface area (Å²) in [5.74, 6) is 2.10. The summed E-state index contributed by atoms with van der Waals surface area (Å²) in [6, 6.07) is 49.0. The molecule has 0 amide bonds. The summed E-state index contributed by atoms with van der Waals surface area (Å²) in [5.41, 5.74) is 5.05. The fourth-order valence-corrected chi connectivity index (χ4v) is 7.49. The third-order valence-corrected chi connectivity index (χ3v) is 10.5. The monoisotopic (exact) mass is 829 g/mol. The average molecular weight is 830 g/mol. The van der Waals surface area contributed by atoms with Gasteiger partial charge in [0.2, 0.25) is 0 Å². The third-order valence-electron chi connectivity index (χ3n) is 10.5. The summed E-state index contributed by atoms with van der Waals surface area (Å²) < 4.78 is 86.2. The molecule has 0 fully saturated rings. The molecule has 62 heavy (non-hydrogen) atoms. The molecule has 3 heterocycles. The van der Waals surface area contributed by atoms with Gasteiger partial charge in [-0.25, -0.2) is 24.9 Å². The lowest BCUT2D eigenvalue weighted by atomic mass is 10.1. The van der Waals surface area contributed by atoms with Crippen molar-refractivity contribution < 1.29 is 26.3 Å². The Balaban J connectivity index is 1.04. The van der Waals surface area contributed by atoms with E-state index in [2.05, 4.69) is 0 Å². The maximum atomic E-state index is 13.8. The van der Waals surface area contributed by atoms with E-state index in [9.17, 15) is 26.3 Å². The van der Waals surface area contributed by atoms with Crippen molar-refractivity contribution in [1.82, 2.24) is 34.1 Å². The van der Waals surface area contributed by atoms with Crippen LogP contribution in [0.4, 0.5) is 26.3 Å². The number of benzene rings is 7. The van der Waals surface area contributed by atoms with E-state index in [1.54, 1.807) is 21.3 Å². The molecule has 0 atom stereocenters. The Bertz CT molecular complexity index is 3070. The zero-order chi connectivity index (χ0) is 42.6. The van der Waals surface area contributed by atoms with Crippen LogP contribution in [0.25, 0.3) is 90.4 Å². The Labute approximate surface area is 349 Å². The minimum Gasteiger partial charge on any atom is -0.292 e. The van der Waals surface area contributed by atoms with Crippen LogP contribution < -0.4 is 0 Å². The van der Waals surface area contributed by atoms with Crippen LogP contribution in [-0.4, -0.2) is 34.1 Å². The van der Waals surface area contributed by atoms with Crippen LogP contribution >= 0.6 is 0 Å². The number of halogens is 6. The molecule has 10 rings (SSSR count). The van der Waals surface area contributed by atoms with Gasteiger partial charge in [0.05, 0.1) is 33.2 Å².